The lowest BCUT2D eigenvalue weighted by atomic mass is 9.80. The summed E-state index contributed by atoms with van der Waals surface area (Å²) < 4.78 is 31.8. The van der Waals surface area contributed by atoms with Crippen molar-refractivity contribution in [3.8, 4) is 0 Å². The van der Waals surface area contributed by atoms with Gasteiger partial charge in [-0.05, 0) is 56.8 Å². The maximum atomic E-state index is 14.7. The van der Waals surface area contributed by atoms with Crippen LogP contribution in [-0.4, -0.2) is 109 Å². The summed E-state index contributed by atoms with van der Waals surface area (Å²) in [6.45, 7) is 9.73. The van der Waals surface area contributed by atoms with Crippen LogP contribution in [0.2, 0.25) is 0 Å². The molecular weight excluding hydrogens is 652 g/mol. The average molecular weight is 711 g/mol. The highest BCUT2D eigenvalue weighted by Gasteiger charge is 2.56. The number of nitrogens with zero attached hydrogens (tertiary/aromatic N) is 2. The predicted octanol–water partition coefficient (Wildman–Crippen LogP) is 1.66. The minimum absolute atomic E-state index is 0.0364. The topological polar surface area (TPSA) is 197 Å². The summed E-state index contributed by atoms with van der Waals surface area (Å²) in [4.78, 5) is 68.8. The molecule has 1 unspecified atom stereocenters. The Morgan fingerprint density at radius 1 is 0.980 bits per heavy atom. The van der Waals surface area contributed by atoms with Crippen molar-refractivity contribution in [1.29, 1.82) is 0 Å². The Hall–Kier alpha value is -2.78. The van der Waals surface area contributed by atoms with E-state index >= 15 is 0 Å². The van der Waals surface area contributed by atoms with Gasteiger partial charge in [-0.3, -0.25) is 19.2 Å². The van der Waals surface area contributed by atoms with Crippen molar-refractivity contribution in [2.24, 2.45) is 28.9 Å². The number of likely N-dealkylation sites (N-methyl/N-ethyl adjacent to an activating group) is 1. The monoisotopic (exact) mass is 710 g/mol. The molecule has 0 aromatic rings. The van der Waals surface area contributed by atoms with Gasteiger partial charge >= 0.3 is 6.03 Å². The van der Waals surface area contributed by atoms with E-state index in [2.05, 4.69) is 16.0 Å². The molecule has 0 spiro atoms. The van der Waals surface area contributed by atoms with Gasteiger partial charge in [-0.25, -0.2) is 17.5 Å². The van der Waals surface area contributed by atoms with Crippen LogP contribution in [0, 0.1) is 23.2 Å². The minimum Gasteiger partial charge on any atom is -0.370 e. The molecule has 2 saturated carbocycles. The van der Waals surface area contributed by atoms with Crippen LogP contribution >= 0.6 is 0 Å². The van der Waals surface area contributed by atoms with Crippen molar-refractivity contribution >= 4 is 39.6 Å². The number of urea groups is 1. The molecule has 0 radical (unpaired) electrons. The summed E-state index contributed by atoms with van der Waals surface area (Å²) in [5.41, 5.74) is 4.33. The zero-order valence-corrected chi connectivity index (χ0v) is 31.1. The number of hydrogen-bond donors (Lipinski definition) is 4. The minimum atomic E-state index is -3.51. The Bertz CT molecular complexity index is 1370. The van der Waals surface area contributed by atoms with Gasteiger partial charge in [0.1, 0.15) is 12.1 Å². The number of carbonyl (C=O) groups is 5. The Morgan fingerprint density at radius 3 is 2.14 bits per heavy atom. The van der Waals surface area contributed by atoms with E-state index in [9.17, 15) is 32.4 Å². The number of nitrogens with two attached hydrogens (primary N) is 1. The number of primary amides is 1. The molecule has 2 aliphatic heterocycles. The van der Waals surface area contributed by atoms with Gasteiger partial charge in [0.15, 0.2) is 0 Å². The molecule has 4 rings (SSSR count). The highest BCUT2D eigenvalue weighted by molar-refractivity contribution is 7.88. The van der Waals surface area contributed by atoms with Crippen LogP contribution in [0.15, 0.2) is 0 Å². The van der Waals surface area contributed by atoms with Crippen molar-refractivity contribution in [3.63, 3.8) is 0 Å². The van der Waals surface area contributed by atoms with Gasteiger partial charge in [-0.15, -0.1) is 0 Å². The molecule has 2 saturated heterocycles. The third-order valence-electron chi connectivity index (χ3n) is 11.0. The van der Waals surface area contributed by atoms with E-state index in [1.54, 1.807) is 0 Å². The molecule has 15 heteroatoms. The number of rotatable bonds is 13. The predicted molar refractivity (Wildman–Crippen MR) is 183 cm³/mol. The summed E-state index contributed by atoms with van der Waals surface area (Å²) in [5, 5.41) is 8.67. The van der Waals surface area contributed by atoms with E-state index in [-0.39, 0.29) is 30.8 Å². The van der Waals surface area contributed by atoms with Gasteiger partial charge in [0.25, 0.3) is 5.91 Å². The number of carbonyl (C=O) groups excluding carboxylic acids is 5. The third kappa shape index (κ3) is 9.72. The first-order chi connectivity index (χ1) is 22.7. The van der Waals surface area contributed by atoms with Crippen molar-refractivity contribution in [3.05, 3.63) is 0 Å². The number of hydrogen-bond acceptors (Lipinski definition) is 8. The number of likely N-dealkylation sites (tertiary alicyclic amines) is 1. The SMILES string of the molecule is CN(C[C@@H](NC(=O)N[C@H](C(=O)N1C[C@@H]2OC(C)(C)C[C@@H]2[C@H]1C(=O)NC(CC1CCC1)C(=O)C(N)=O)C1CCCCC1)C(C)(C)C)S(C)(=O)=O. The molecule has 0 aromatic carbocycles. The fourth-order valence-corrected chi connectivity index (χ4v) is 8.27. The van der Waals surface area contributed by atoms with Crippen LogP contribution in [0.25, 0.3) is 0 Å². The summed E-state index contributed by atoms with van der Waals surface area (Å²) in [6.07, 6.45) is 8.54. The van der Waals surface area contributed by atoms with Crippen LogP contribution in [0.4, 0.5) is 4.79 Å². The molecule has 4 fully saturated rings. The van der Waals surface area contributed by atoms with Crippen molar-refractivity contribution in [2.75, 3.05) is 26.4 Å². The van der Waals surface area contributed by atoms with E-state index in [1.165, 1.54) is 16.3 Å². The molecule has 278 valence electrons. The molecule has 2 aliphatic carbocycles. The Morgan fingerprint density at radius 2 is 1.61 bits per heavy atom. The lowest BCUT2D eigenvalue weighted by Crippen LogP contribution is -2.61. The molecule has 4 aliphatic rings. The molecule has 5 N–H and O–H groups in total. The molecule has 2 heterocycles. The smallest absolute Gasteiger partial charge is 0.315 e. The average Bonchev–Trinajstić information content (AvgIpc) is 3.46. The zero-order chi connectivity index (χ0) is 36.5. The van der Waals surface area contributed by atoms with Gasteiger partial charge in [0.2, 0.25) is 27.6 Å². The van der Waals surface area contributed by atoms with Crippen LogP contribution in [0.3, 0.4) is 0 Å². The number of amides is 5. The molecule has 0 bridgehead atoms. The largest absolute Gasteiger partial charge is 0.370 e. The fourth-order valence-electron chi connectivity index (χ4n) is 7.85. The Balaban J connectivity index is 1.60. The second kappa shape index (κ2) is 15.2. The van der Waals surface area contributed by atoms with Crippen LogP contribution in [0.5, 0.6) is 0 Å². The van der Waals surface area contributed by atoms with Crippen LogP contribution < -0.4 is 21.7 Å². The third-order valence-corrected chi connectivity index (χ3v) is 12.3. The summed E-state index contributed by atoms with van der Waals surface area (Å²) in [5.74, 6) is -3.25. The van der Waals surface area contributed by atoms with Crippen LogP contribution in [-0.2, 0) is 33.9 Å². The second-order valence-corrected chi connectivity index (χ2v) is 18.6. The second-order valence-electron chi connectivity index (χ2n) is 16.5. The first-order valence-electron chi connectivity index (χ1n) is 17.8. The number of sulfonamides is 1. The zero-order valence-electron chi connectivity index (χ0n) is 30.3. The number of fused-ring (bicyclic) bond motifs is 1. The number of Topliss-reactive ketones (excluding diaryl/α,β-unsaturated/α-hetero) is 1. The van der Waals surface area contributed by atoms with E-state index in [1.807, 2.05) is 34.6 Å². The summed E-state index contributed by atoms with van der Waals surface area (Å²) in [6, 6.07) is -4.19. The molecular formula is C34H58N6O8S. The van der Waals surface area contributed by atoms with Gasteiger partial charge in [0.05, 0.1) is 24.0 Å². The molecule has 6 atom stereocenters. The lowest BCUT2D eigenvalue weighted by molar-refractivity contribution is -0.144. The van der Waals surface area contributed by atoms with Gasteiger partial charge < -0.3 is 31.3 Å². The van der Waals surface area contributed by atoms with E-state index in [4.69, 9.17) is 10.5 Å². The normalized spacial score (nSPS) is 26.3. The summed E-state index contributed by atoms with van der Waals surface area (Å²) in [7, 11) is -2.06. The maximum Gasteiger partial charge on any atom is 0.315 e. The summed E-state index contributed by atoms with van der Waals surface area (Å²) >= 11 is 0. The van der Waals surface area contributed by atoms with Crippen molar-refractivity contribution in [2.45, 2.75) is 135 Å². The first kappa shape index (κ1) is 39.0. The van der Waals surface area contributed by atoms with Gasteiger partial charge in [-0.2, -0.15) is 0 Å². The molecule has 5 amide bonds. The van der Waals surface area contributed by atoms with Gasteiger partial charge in [-0.1, -0.05) is 59.3 Å². The van der Waals surface area contributed by atoms with Crippen molar-refractivity contribution in [1.82, 2.24) is 25.2 Å². The molecule has 49 heavy (non-hydrogen) atoms. The van der Waals surface area contributed by atoms with Gasteiger partial charge in [0, 0.05) is 32.1 Å². The van der Waals surface area contributed by atoms with Crippen LogP contribution in [0.1, 0.15) is 98.8 Å². The van der Waals surface area contributed by atoms with E-state index in [0.29, 0.717) is 25.7 Å². The highest BCUT2D eigenvalue weighted by atomic mass is 32.2. The number of ketones is 1. The molecule has 0 aromatic heterocycles. The standard InChI is InChI=1S/C34H58N6O8S/c1-33(2,3)25(19-39(6)49(7,46)47)37-32(45)38-26(21-14-9-8-10-15-21)31(44)40-18-24-22(17-34(4,5)48-24)27(40)30(43)36-23(28(41)29(35)42)16-20-12-11-13-20/h20-27H,8-19H2,1-7H3,(H2,35,42)(H,36,43)(H2,37,38,45)/t22-,23?,24-,25+,26-,27-/m0/s1. The highest BCUT2D eigenvalue weighted by Crippen LogP contribution is 2.44. The first-order valence-corrected chi connectivity index (χ1v) is 19.6. The number of ether oxygens (including phenoxy) is 1. The van der Waals surface area contributed by atoms with E-state index < -0.39 is 80.8 Å². The lowest BCUT2D eigenvalue weighted by Gasteiger charge is -2.38. The Labute approximate surface area is 291 Å². The number of nitrogens with one attached hydrogen (secondary N) is 3. The molecule has 14 nitrogen and oxygen atoms in total. The maximum absolute atomic E-state index is 14.7. The fraction of sp³-hybridized carbons (Fsp3) is 0.853. The van der Waals surface area contributed by atoms with E-state index in [0.717, 1.165) is 44.8 Å². The quantitative estimate of drug-likeness (QED) is 0.207. The Kier molecular flexibility index (Phi) is 12.1. The van der Waals surface area contributed by atoms with Crippen molar-refractivity contribution < 1.29 is 37.1 Å².